The maximum atomic E-state index is 12.0. The number of nitrogens with zero attached hydrogens (tertiary/aromatic N) is 2. The molecule has 3 aromatic rings. The summed E-state index contributed by atoms with van der Waals surface area (Å²) < 4.78 is 34.1. The standard InChI is InChI=1S/C21H23ClN2O5S/c1-4-16(12-20(25)28-3)24-13-17(14-8-10-15(22)11-9-14)21-18(6-5-7-19(21)24)23(2)29-30(26)27/h5-11,13,16,30H,4,12H2,1-3H3. The molecule has 0 fully saturated rings. The average molecular weight is 451 g/mol. The number of methoxy groups -OCH3 is 1. The largest absolute Gasteiger partial charge is 0.469 e. The van der Waals surface area contributed by atoms with Crippen molar-refractivity contribution >= 4 is 45.1 Å². The zero-order valence-corrected chi connectivity index (χ0v) is 18.5. The molecule has 1 aromatic heterocycles. The Hall–Kier alpha value is -2.55. The molecule has 0 N–H and O–H groups in total. The van der Waals surface area contributed by atoms with E-state index in [1.165, 1.54) is 19.2 Å². The summed E-state index contributed by atoms with van der Waals surface area (Å²) in [6.45, 7) is 2.00. The number of hydroxylamine groups is 1. The summed E-state index contributed by atoms with van der Waals surface area (Å²) in [6, 6.07) is 12.8. The van der Waals surface area contributed by atoms with Crippen LogP contribution in [0, 0.1) is 0 Å². The maximum absolute atomic E-state index is 12.0. The molecule has 0 saturated heterocycles. The van der Waals surface area contributed by atoms with Gasteiger partial charge in [-0.15, -0.1) is 0 Å². The summed E-state index contributed by atoms with van der Waals surface area (Å²) in [5.41, 5.74) is 3.22. The highest BCUT2D eigenvalue weighted by atomic mass is 35.5. The van der Waals surface area contributed by atoms with E-state index in [0.29, 0.717) is 17.1 Å². The van der Waals surface area contributed by atoms with Gasteiger partial charge in [0.1, 0.15) is 0 Å². The average Bonchev–Trinajstić information content (AvgIpc) is 3.11. The van der Waals surface area contributed by atoms with Gasteiger partial charge in [-0.3, -0.25) is 4.79 Å². The molecule has 0 aliphatic rings. The zero-order chi connectivity index (χ0) is 21.8. The van der Waals surface area contributed by atoms with Gasteiger partial charge in [0, 0.05) is 35.3 Å². The Morgan fingerprint density at radius 3 is 2.50 bits per heavy atom. The third-order valence-corrected chi connectivity index (χ3v) is 5.64. The molecule has 0 bridgehead atoms. The van der Waals surface area contributed by atoms with Crippen LogP contribution in [-0.2, 0) is 24.8 Å². The SMILES string of the molecule is CCC(CC(=O)OC)n1cc(-c2ccc(Cl)cc2)c2c(N(C)O[SH](=O)=O)cccc21. The second-order valence-corrected chi connectivity index (χ2v) is 7.82. The van der Waals surface area contributed by atoms with Gasteiger partial charge >= 0.3 is 5.97 Å². The first-order valence-electron chi connectivity index (χ1n) is 9.38. The minimum absolute atomic E-state index is 0.126. The number of rotatable bonds is 8. The summed E-state index contributed by atoms with van der Waals surface area (Å²) in [5, 5.41) is 2.64. The van der Waals surface area contributed by atoms with Crippen molar-refractivity contribution in [1.29, 1.82) is 0 Å². The Kier molecular flexibility index (Phi) is 7.02. The van der Waals surface area contributed by atoms with Gasteiger partial charge in [0.2, 0.25) is 0 Å². The van der Waals surface area contributed by atoms with Gasteiger partial charge in [-0.1, -0.05) is 36.7 Å². The van der Waals surface area contributed by atoms with Crippen molar-refractivity contribution in [3.63, 3.8) is 0 Å². The van der Waals surface area contributed by atoms with Gasteiger partial charge in [-0.05, 0) is 36.2 Å². The van der Waals surface area contributed by atoms with Gasteiger partial charge in [0.25, 0.3) is 11.0 Å². The molecule has 0 aliphatic heterocycles. The Labute approximate surface area is 181 Å². The predicted octanol–water partition coefficient (Wildman–Crippen LogP) is 4.37. The van der Waals surface area contributed by atoms with Gasteiger partial charge in [-0.25, -0.2) is 13.5 Å². The summed E-state index contributed by atoms with van der Waals surface area (Å²) in [7, 11) is -0.162. The predicted molar refractivity (Wildman–Crippen MR) is 118 cm³/mol. The number of hydrogen-bond acceptors (Lipinski definition) is 6. The Bertz CT molecular complexity index is 1120. The lowest BCUT2D eigenvalue weighted by atomic mass is 10.0. The van der Waals surface area contributed by atoms with Crippen LogP contribution in [0.25, 0.3) is 22.0 Å². The fourth-order valence-electron chi connectivity index (χ4n) is 3.56. The molecule has 0 aliphatic carbocycles. The van der Waals surface area contributed by atoms with E-state index in [0.717, 1.165) is 22.0 Å². The van der Waals surface area contributed by atoms with Crippen LogP contribution < -0.4 is 5.06 Å². The molecule has 0 saturated carbocycles. The highest BCUT2D eigenvalue weighted by Gasteiger charge is 2.22. The van der Waals surface area contributed by atoms with E-state index >= 15 is 0 Å². The summed E-state index contributed by atoms with van der Waals surface area (Å²) in [6.07, 6.45) is 2.90. The third kappa shape index (κ3) is 4.61. The maximum Gasteiger partial charge on any atom is 0.307 e. The number of halogens is 1. The lowest BCUT2D eigenvalue weighted by Gasteiger charge is -2.19. The van der Waals surface area contributed by atoms with Gasteiger partial charge < -0.3 is 9.30 Å². The normalized spacial score (nSPS) is 12.3. The van der Waals surface area contributed by atoms with E-state index in [1.807, 2.05) is 42.0 Å². The number of benzene rings is 2. The molecule has 3 rings (SSSR count). The first-order chi connectivity index (χ1) is 14.3. The molecule has 7 nitrogen and oxygen atoms in total. The highest BCUT2D eigenvalue weighted by molar-refractivity contribution is 7.67. The Morgan fingerprint density at radius 2 is 1.90 bits per heavy atom. The second kappa shape index (κ2) is 9.51. The first-order valence-corrected chi connectivity index (χ1v) is 10.9. The lowest BCUT2D eigenvalue weighted by molar-refractivity contribution is -0.141. The summed E-state index contributed by atoms with van der Waals surface area (Å²) in [5.74, 6) is -0.295. The smallest absolute Gasteiger partial charge is 0.307 e. The molecule has 1 heterocycles. The first kappa shape index (κ1) is 22.1. The molecular weight excluding hydrogens is 428 g/mol. The van der Waals surface area contributed by atoms with Crippen molar-refractivity contribution in [2.45, 2.75) is 25.8 Å². The number of thiol groups is 1. The quantitative estimate of drug-likeness (QED) is 0.312. The molecule has 0 radical (unpaired) electrons. The van der Waals surface area contributed by atoms with Crippen LogP contribution in [0.15, 0.2) is 48.7 Å². The molecule has 0 amide bonds. The highest BCUT2D eigenvalue weighted by Crippen LogP contribution is 2.40. The number of aromatic nitrogens is 1. The van der Waals surface area contributed by atoms with Gasteiger partial charge in [-0.2, -0.15) is 4.28 Å². The van der Waals surface area contributed by atoms with Crippen molar-refractivity contribution in [3.05, 3.63) is 53.7 Å². The number of anilines is 1. The topological polar surface area (TPSA) is 77.8 Å². The van der Waals surface area contributed by atoms with E-state index in [-0.39, 0.29) is 18.4 Å². The van der Waals surface area contributed by atoms with Crippen LogP contribution >= 0.6 is 11.6 Å². The van der Waals surface area contributed by atoms with Crippen LogP contribution in [0.4, 0.5) is 5.69 Å². The van der Waals surface area contributed by atoms with Gasteiger partial charge in [0.15, 0.2) is 0 Å². The van der Waals surface area contributed by atoms with E-state index in [2.05, 4.69) is 0 Å². The number of esters is 1. The molecule has 2 aromatic carbocycles. The molecule has 160 valence electrons. The van der Waals surface area contributed by atoms with Crippen molar-refractivity contribution < 1.29 is 22.2 Å². The number of carbonyl (C=O) groups excluding carboxylic acids is 1. The number of fused-ring (bicyclic) bond motifs is 1. The lowest BCUT2D eigenvalue weighted by Crippen LogP contribution is -2.17. The van der Waals surface area contributed by atoms with Crippen LogP contribution in [0.1, 0.15) is 25.8 Å². The molecular formula is C21H23ClN2O5S. The van der Waals surface area contributed by atoms with E-state index in [1.54, 1.807) is 18.2 Å². The molecule has 1 atom stereocenters. The minimum atomic E-state index is -3.07. The van der Waals surface area contributed by atoms with Crippen LogP contribution in [0.5, 0.6) is 0 Å². The van der Waals surface area contributed by atoms with Crippen molar-refractivity contribution in [1.82, 2.24) is 4.57 Å². The molecule has 9 heteroatoms. The fourth-order valence-corrected chi connectivity index (χ4v) is 3.98. The fraction of sp³-hybridized carbons (Fsp3) is 0.286. The number of hydrogen-bond donors (Lipinski definition) is 1. The Balaban J connectivity index is 2.26. The number of carbonyl (C=O) groups is 1. The van der Waals surface area contributed by atoms with Crippen LogP contribution in [0.3, 0.4) is 0 Å². The van der Waals surface area contributed by atoms with Crippen LogP contribution in [0.2, 0.25) is 5.02 Å². The van der Waals surface area contributed by atoms with E-state index in [9.17, 15) is 13.2 Å². The Morgan fingerprint density at radius 1 is 1.20 bits per heavy atom. The summed E-state index contributed by atoms with van der Waals surface area (Å²) in [4.78, 5) is 12.0. The van der Waals surface area contributed by atoms with Crippen LogP contribution in [-0.4, -0.2) is 33.1 Å². The van der Waals surface area contributed by atoms with Crippen molar-refractivity contribution in [2.24, 2.45) is 0 Å². The van der Waals surface area contributed by atoms with E-state index in [4.69, 9.17) is 20.6 Å². The zero-order valence-electron chi connectivity index (χ0n) is 16.9. The molecule has 30 heavy (non-hydrogen) atoms. The monoisotopic (exact) mass is 450 g/mol. The minimum Gasteiger partial charge on any atom is -0.469 e. The van der Waals surface area contributed by atoms with Gasteiger partial charge in [0.05, 0.1) is 24.7 Å². The summed E-state index contributed by atoms with van der Waals surface area (Å²) >= 11 is 6.06. The molecule has 1 unspecified atom stereocenters. The third-order valence-electron chi connectivity index (χ3n) is 5.01. The van der Waals surface area contributed by atoms with E-state index < -0.39 is 11.0 Å². The molecule has 0 spiro atoms. The second-order valence-electron chi connectivity index (χ2n) is 6.77. The van der Waals surface area contributed by atoms with Crippen molar-refractivity contribution in [3.8, 4) is 11.1 Å². The van der Waals surface area contributed by atoms with Crippen molar-refractivity contribution in [2.75, 3.05) is 19.2 Å². The number of ether oxygens (including phenoxy) is 1.